The predicted molar refractivity (Wildman–Crippen MR) is 80.7 cm³/mol. The Kier molecular flexibility index (Phi) is 4.23. The number of anilines is 3. The van der Waals surface area contributed by atoms with E-state index in [-0.39, 0.29) is 0 Å². The molecular weight excluding hydrogens is 274 g/mol. The number of hydrogen-bond donors (Lipinski definition) is 3. The first-order valence-corrected chi connectivity index (χ1v) is 6.98. The van der Waals surface area contributed by atoms with E-state index in [2.05, 4.69) is 25.3 Å². The van der Waals surface area contributed by atoms with Crippen molar-refractivity contribution < 1.29 is 0 Å². The maximum absolute atomic E-state index is 5.67. The molecule has 2 aromatic heterocycles. The molecule has 0 aliphatic heterocycles. The van der Waals surface area contributed by atoms with Crippen LogP contribution in [0.4, 0.5) is 17.5 Å². The van der Waals surface area contributed by atoms with E-state index in [1.165, 1.54) is 17.8 Å². The molecular formula is C12H17N7S. The van der Waals surface area contributed by atoms with Crippen LogP contribution in [-0.4, -0.2) is 27.0 Å². The molecule has 7 nitrogen and oxygen atoms in total. The van der Waals surface area contributed by atoms with Gasteiger partial charge in [0.1, 0.15) is 28.3 Å². The number of rotatable bonds is 4. The molecule has 0 radical (unpaired) electrons. The van der Waals surface area contributed by atoms with Gasteiger partial charge in [0.25, 0.3) is 0 Å². The van der Waals surface area contributed by atoms with E-state index in [0.29, 0.717) is 16.8 Å². The SMILES string of the molecule is CCc1nc(NC)c(C)c(Sc2nc(N)cc(N)n2)n1. The fraction of sp³-hybridized carbons (Fsp3) is 0.333. The lowest BCUT2D eigenvalue weighted by Gasteiger charge is -2.10. The molecule has 0 atom stereocenters. The zero-order chi connectivity index (χ0) is 14.7. The van der Waals surface area contributed by atoms with Crippen LogP contribution in [0.25, 0.3) is 0 Å². The molecule has 0 bridgehead atoms. The third-order valence-electron chi connectivity index (χ3n) is 2.63. The lowest BCUT2D eigenvalue weighted by molar-refractivity contribution is 0.869. The molecule has 2 rings (SSSR count). The average Bonchev–Trinajstić information content (AvgIpc) is 2.40. The molecule has 5 N–H and O–H groups in total. The number of nitrogens with zero attached hydrogens (tertiary/aromatic N) is 4. The second-order valence-electron chi connectivity index (χ2n) is 4.12. The smallest absolute Gasteiger partial charge is 0.197 e. The Hall–Kier alpha value is -2.09. The Labute approximate surface area is 121 Å². The first-order valence-electron chi connectivity index (χ1n) is 6.16. The summed E-state index contributed by atoms with van der Waals surface area (Å²) < 4.78 is 0. The van der Waals surface area contributed by atoms with Crippen LogP contribution in [-0.2, 0) is 6.42 Å². The van der Waals surface area contributed by atoms with Crippen molar-refractivity contribution >= 4 is 29.2 Å². The highest BCUT2D eigenvalue weighted by molar-refractivity contribution is 7.99. The van der Waals surface area contributed by atoms with Crippen molar-refractivity contribution in [2.75, 3.05) is 23.8 Å². The molecule has 0 aliphatic rings. The van der Waals surface area contributed by atoms with Gasteiger partial charge < -0.3 is 16.8 Å². The van der Waals surface area contributed by atoms with Crippen LogP contribution in [0.1, 0.15) is 18.3 Å². The Balaban J connectivity index is 2.41. The van der Waals surface area contributed by atoms with Crippen LogP contribution in [0.5, 0.6) is 0 Å². The lowest BCUT2D eigenvalue weighted by Crippen LogP contribution is -2.05. The molecule has 0 aromatic carbocycles. The zero-order valence-corrected chi connectivity index (χ0v) is 12.5. The van der Waals surface area contributed by atoms with Crippen LogP contribution >= 0.6 is 11.8 Å². The highest BCUT2D eigenvalue weighted by Gasteiger charge is 2.12. The van der Waals surface area contributed by atoms with Crippen molar-refractivity contribution in [1.29, 1.82) is 0 Å². The van der Waals surface area contributed by atoms with Gasteiger partial charge in [-0.25, -0.2) is 19.9 Å². The lowest BCUT2D eigenvalue weighted by atomic mass is 10.3. The number of aromatic nitrogens is 4. The number of nitrogens with one attached hydrogen (secondary N) is 1. The molecule has 0 fully saturated rings. The van der Waals surface area contributed by atoms with Crippen molar-refractivity contribution in [2.45, 2.75) is 30.5 Å². The summed E-state index contributed by atoms with van der Waals surface area (Å²) in [6, 6.07) is 1.52. The third kappa shape index (κ3) is 3.08. The monoisotopic (exact) mass is 291 g/mol. The van der Waals surface area contributed by atoms with Gasteiger partial charge in [0.05, 0.1) is 0 Å². The van der Waals surface area contributed by atoms with Crippen LogP contribution in [0, 0.1) is 6.92 Å². The minimum Gasteiger partial charge on any atom is -0.383 e. The van der Waals surface area contributed by atoms with Gasteiger partial charge in [0, 0.05) is 25.1 Å². The first-order chi connectivity index (χ1) is 9.53. The third-order valence-corrected chi connectivity index (χ3v) is 3.59. The summed E-state index contributed by atoms with van der Waals surface area (Å²) in [5.74, 6) is 2.25. The molecule has 2 heterocycles. The largest absolute Gasteiger partial charge is 0.383 e. The summed E-state index contributed by atoms with van der Waals surface area (Å²) in [7, 11) is 1.83. The summed E-state index contributed by atoms with van der Waals surface area (Å²) in [4.78, 5) is 17.2. The maximum Gasteiger partial charge on any atom is 0.197 e. The van der Waals surface area contributed by atoms with E-state index < -0.39 is 0 Å². The normalized spacial score (nSPS) is 10.6. The highest BCUT2D eigenvalue weighted by atomic mass is 32.2. The topological polar surface area (TPSA) is 116 Å². The Morgan fingerprint density at radius 1 is 1.15 bits per heavy atom. The quantitative estimate of drug-likeness (QED) is 0.573. The molecule has 0 amide bonds. The summed E-state index contributed by atoms with van der Waals surface area (Å²) >= 11 is 1.33. The summed E-state index contributed by atoms with van der Waals surface area (Å²) in [5, 5.41) is 4.34. The van der Waals surface area contributed by atoms with Gasteiger partial charge >= 0.3 is 0 Å². The minimum absolute atomic E-state index is 0.344. The number of nitrogens with two attached hydrogens (primary N) is 2. The molecule has 2 aromatic rings. The second-order valence-corrected chi connectivity index (χ2v) is 5.08. The molecule has 20 heavy (non-hydrogen) atoms. The maximum atomic E-state index is 5.67. The van der Waals surface area contributed by atoms with Gasteiger partial charge in [-0.1, -0.05) is 6.92 Å². The van der Waals surface area contributed by atoms with Gasteiger partial charge in [0.15, 0.2) is 5.16 Å². The van der Waals surface area contributed by atoms with Gasteiger partial charge in [-0.05, 0) is 18.7 Å². The Morgan fingerprint density at radius 3 is 2.35 bits per heavy atom. The van der Waals surface area contributed by atoms with Crippen LogP contribution in [0.15, 0.2) is 16.2 Å². The summed E-state index contributed by atoms with van der Waals surface area (Å²) in [5.41, 5.74) is 12.3. The molecule has 8 heteroatoms. The van der Waals surface area contributed by atoms with Crippen LogP contribution in [0.2, 0.25) is 0 Å². The minimum atomic E-state index is 0.344. The number of nitrogen functional groups attached to an aromatic ring is 2. The zero-order valence-electron chi connectivity index (χ0n) is 11.6. The van der Waals surface area contributed by atoms with E-state index in [1.807, 2.05) is 20.9 Å². The Bertz CT molecular complexity index is 609. The summed E-state index contributed by atoms with van der Waals surface area (Å²) in [6.45, 7) is 3.96. The van der Waals surface area contributed by atoms with E-state index >= 15 is 0 Å². The van der Waals surface area contributed by atoms with E-state index in [9.17, 15) is 0 Å². The number of aryl methyl sites for hydroxylation is 1. The van der Waals surface area contributed by atoms with Crippen molar-refractivity contribution in [3.05, 3.63) is 17.5 Å². The van der Waals surface area contributed by atoms with Crippen molar-refractivity contribution in [3.63, 3.8) is 0 Å². The first kappa shape index (κ1) is 14.3. The fourth-order valence-corrected chi connectivity index (χ4v) is 2.51. The molecule has 0 spiro atoms. The van der Waals surface area contributed by atoms with E-state index in [1.54, 1.807) is 0 Å². The Morgan fingerprint density at radius 2 is 1.80 bits per heavy atom. The molecule has 0 saturated carbocycles. The second kappa shape index (κ2) is 5.91. The fourth-order valence-electron chi connectivity index (χ4n) is 1.64. The van der Waals surface area contributed by atoms with Crippen molar-refractivity contribution in [2.24, 2.45) is 0 Å². The van der Waals surface area contributed by atoms with Gasteiger partial charge in [0.2, 0.25) is 0 Å². The van der Waals surface area contributed by atoms with Crippen LogP contribution < -0.4 is 16.8 Å². The van der Waals surface area contributed by atoms with Gasteiger partial charge in [-0.3, -0.25) is 0 Å². The molecule has 0 aliphatic carbocycles. The van der Waals surface area contributed by atoms with Crippen LogP contribution in [0.3, 0.4) is 0 Å². The molecule has 0 saturated heterocycles. The number of hydrogen-bond acceptors (Lipinski definition) is 8. The highest BCUT2D eigenvalue weighted by Crippen LogP contribution is 2.30. The predicted octanol–water partition coefficient (Wildman–Crippen LogP) is 1.49. The summed E-state index contributed by atoms with van der Waals surface area (Å²) in [6.07, 6.45) is 0.752. The molecule has 106 valence electrons. The standard InChI is InChI=1S/C12H17N7S/c1-4-9-18-10(15-3)6(2)11(19-9)20-12-16-7(13)5-8(14)17-12/h5H,4H2,1-3H3,(H,15,18,19)(H4,13,14,16,17). The van der Waals surface area contributed by atoms with Gasteiger partial charge in [-0.2, -0.15) is 0 Å². The van der Waals surface area contributed by atoms with Crippen molar-refractivity contribution in [1.82, 2.24) is 19.9 Å². The molecule has 0 unspecified atom stereocenters. The van der Waals surface area contributed by atoms with Crippen molar-refractivity contribution in [3.8, 4) is 0 Å². The van der Waals surface area contributed by atoms with Gasteiger partial charge in [-0.15, -0.1) is 0 Å². The average molecular weight is 291 g/mol. The van der Waals surface area contributed by atoms with E-state index in [0.717, 1.165) is 28.7 Å². The van der Waals surface area contributed by atoms with E-state index in [4.69, 9.17) is 11.5 Å².